The highest BCUT2D eigenvalue weighted by atomic mass is 16.5. The van der Waals surface area contributed by atoms with Gasteiger partial charge in [0.1, 0.15) is 11.5 Å². The molecule has 0 unspecified atom stereocenters. The van der Waals surface area contributed by atoms with Gasteiger partial charge in [-0.3, -0.25) is 0 Å². The van der Waals surface area contributed by atoms with Gasteiger partial charge in [0.05, 0.1) is 0 Å². The Kier molecular flexibility index (Phi) is 3.96. The molecule has 0 saturated heterocycles. The molecule has 0 atom stereocenters. The largest absolute Gasteiger partial charge is 0.423 e. The van der Waals surface area contributed by atoms with Gasteiger partial charge in [-0.2, -0.15) is 0 Å². The van der Waals surface area contributed by atoms with E-state index in [4.69, 9.17) is 9.47 Å². The topological polar surface area (TPSA) is 52.6 Å². The summed E-state index contributed by atoms with van der Waals surface area (Å²) in [5.41, 5.74) is 0. The first kappa shape index (κ1) is 13.5. The highest BCUT2D eigenvalue weighted by Crippen LogP contribution is 2.33. The lowest BCUT2D eigenvalue weighted by Crippen LogP contribution is -2.05. The van der Waals surface area contributed by atoms with Crippen LogP contribution < -0.4 is 9.47 Å². The third-order valence-corrected chi connectivity index (χ3v) is 2.60. The molecule has 0 radical (unpaired) electrons. The van der Waals surface area contributed by atoms with Gasteiger partial charge in [0.15, 0.2) is 0 Å². The van der Waals surface area contributed by atoms with Crippen molar-refractivity contribution in [2.75, 3.05) is 0 Å². The molecule has 2 aromatic carbocycles. The molecule has 2 aromatic rings. The van der Waals surface area contributed by atoms with Crippen LogP contribution in [0.15, 0.2) is 61.7 Å². The quantitative estimate of drug-likeness (QED) is 0.486. The summed E-state index contributed by atoms with van der Waals surface area (Å²) in [6, 6.07) is 10.3. The van der Waals surface area contributed by atoms with Crippen LogP contribution in [-0.4, -0.2) is 11.9 Å². The molecule has 0 N–H and O–H groups in total. The lowest BCUT2D eigenvalue weighted by atomic mass is 10.1. The van der Waals surface area contributed by atoms with Crippen molar-refractivity contribution >= 4 is 22.7 Å². The van der Waals surface area contributed by atoms with E-state index in [0.717, 1.165) is 12.2 Å². The first-order chi connectivity index (χ1) is 9.65. The predicted molar refractivity (Wildman–Crippen MR) is 75.6 cm³/mol. The number of esters is 2. The highest BCUT2D eigenvalue weighted by Gasteiger charge is 2.11. The molecule has 0 spiro atoms. The predicted octanol–water partition coefficient (Wildman–Crippen LogP) is 3.02. The molecule has 0 aliphatic rings. The number of hydrogen-bond acceptors (Lipinski definition) is 4. The van der Waals surface area contributed by atoms with Crippen molar-refractivity contribution in [3.63, 3.8) is 0 Å². The summed E-state index contributed by atoms with van der Waals surface area (Å²) in [4.78, 5) is 22.6. The second-order valence-corrected chi connectivity index (χ2v) is 3.86. The standard InChI is InChI=1S/C16H12O4/c1-3-15(17)19-13-9-10-14(20-16(18)4-2)12-8-6-5-7-11(12)13/h3-10H,1-2H2. The Morgan fingerprint density at radius 1 is 0.800 bits per heavy atom. The number of ether oxygens (including phenoxy) is 2. The van der Waals surface area contributed by atoms with E-state index >= 15 is 0 Å². The van der Waals surface area contributed by atoms with E-state index in [-0.39, 0.29) is 0 Å². The molecule has 0 amide bonds. The van der Waals surface area contributed by atoms with Crippen LogP contribution in [0.2, 0.25) is 0 Å². The van der Waals surface area contributed by atoms with Crippen LogP contribution in [0.1, 0.15) is 0 Å². The van der Waals surface area contributed by atoms with E-state index in [1.165, 1.54) is 0 Å². The summed E-state index contributed by atoms with van der Waals surface area (Å²) in [6.45, 7) is 6.70. The number of benzene rings is 2. The summed E-state index contributed by atoms with van der Waals surface area (Å²) >= 11 is 0. The fourth-order valence-electron chi connectivity index (χ4n) is 1.72. The van der Waals surface area contributed by atoms with Gasteiger partial charge in [0.25, 0.3) is 0 Å². The van der Waals surface area contributed by atoms with Crippen LogP contribution in [0.4, 0.5) is 0 Å². The molecule has 20 heavy (non-hydrogen) atoms. The Morgan fingerprint density at radius 2 is 1.20 bits per heavy atom. The average Bonchev–Trinajstić information content (AvgIpc) is 2.49. The molecule has 0 bridgehead atoms. The van der Waals surface area contributed by atoms with Crippen molar-refractivity contribution < 1.29 is 19.1 Å². The molecule has 100 valence electrons. The maximum absolute atomic E-state index is 11.3. The van der Waals surface area contributed by atoms with Crippen molar-refractivity contribution in [2.24, 2.45) is 0 Å². The molecule has 4 nitrogen and oxygen atoms in total. The Balaban J connectivity index is 2.51. The minimum atomic E-state index is -0.550. The maximum Gasteiger partial charge on any atom is 0.335 e. The van der Waals surface area contributed by atoms with Gasteiger partial charge in [-0.15, -0.1) is 0 Å². The van der Waals surface area contributed by atoms with E-state index in [1.807, 2.05) is 0 Å². The molecule has 0 aromatic heterocycles. The lowest BCUT2D eigenvalue weighted by molar-refractivity contribution is -0.129. The Hall–Kier alpha value is -2.88. The van der Waals surface area contributed by atoms with Gasteiger partial charge < -0.3 is 9.47 Å². The smallest absolute Gasteiger partial charge is 0.335 e. The van der Waals surface area contributed by atoms with Crippen LogP contribution in [0.5, 0.6) is 11.5 Å². The van der Waals surface area contributed by atoms with E-state index in [0.29, 0.717) is 22.3 Å². The van der Waals surface area contributed by atoms with Crippen LogP contribution >= 0.6 is 0 Å². The third kappa shape index (κ3) is 2.75. The summed E-state index contributed by atoms with van der Waals surface area (Å²) in [5.74, 6) is -0.343. The van der Waals surface area contributed by atoms with E-state index in [1.54, 1.807) is 36.4 Å². The minimum absolute atomic E-state index is 0.379. The molecule has 0 aliphatic carbocycles. The SMILES string of the molecule is C=CC(=O)Oc1ccc(OC(=O)C=C)c2ccccc12. The first-order valence-electron chi connectivity index (χ1n) is 5.86. The van der Waals surface area contributed by atoms with E-state index in [2.05, 4.69) is 13.2 Å². The monoisotopic (exact) mass is 268 g/mol. The van der Waals surface area contributed by atoms with Crippen LogP contribution in [0.25, 0.3) is 10.8 Å². The Bertz CT molecular complexity index is 640. The molecule has 2 rings (SSSR count). The number of carbonyl (C=O) groups excluding carboxylic acids is 2. The zero-order valence-corrected chi connectivity index (χ0v) is 10.7. The van der Waals surface area contributed by atoms with Gasteiger partial charge in [-0.1, -0.05) is 37.4 Å². The Labute approximate surface area is 115 Å². The summed E-state index contributed by atoms with van der Waals surface area (Å²) in [5, 5.41) is 1.33. The Morgan fingerprint density at radius 3 is 1.55 bits per heavy atom. The molecule has 0 aliphatic heterocycles. The summed E-state index contributed by atoms with van der Waals surface area (Å²) in [7, 11) is 0. The second-order valence-electron chi connectivity index (χ2n) is 3.86. The van der Waals surface area contributed by atoms with E-state index in [9.17, 15) is 9.59 Å². The zero-order chi connectivity index (χ0) is 14.5. The normalized spacial score (nSPS) is 9.80. The van der Waals surface area contributed by atoms with E-state index < -0.39 is 11.9 Å². The fourth-order valence-corrected chi connectivity index (χ4v) is 1.72. The number of hydrogen-bond donors (Lipinski definition) is 0. The molecular weight excluding hydrogens is 256 g/mol. The van der Waals surface area contributed by atoms with Crippen LogP contribution in [0.3, 0.4) is 0 Å². The van der Waals surface area contributed by atoms with Crippen molar-refractivity contribution in [3.8, 4) is 11.5 Å². The fraction of sp³-hybridized carbons (Fsp3) is 0. The second kappa shape index (κ2) is 5.84. The lowest BCUT2D eigenvalue weighted by Gasteiger charge is -2.10. The number of carbonyl (C=O) groups is 2. The number of fused-ring (bicyclic) bond motifs is 1. The first-order valence-corrected chi connectivity index (χ1v) is 5.86. The summed E-state index contributed by atoms with van der Waals surface area (Å²) in [6.07, 6.45) is 2.17. The van der Waals surface area contributed by atoms with Crippen LogP contribution in [0, 0.1) is 0 Å². The molecule has 0 heterocycles. The zero-order valence-electron chi connectivity index (χ0n) is 10.7. The van der Waals surface area contributed by atoms with Crippen molar-refractivity contribution in [2.45, 2.75) is 0 Å². The van der Waals surface area contributed by atoms with Crippen LogP contribution in [-0.2, 0) is 9.59 Å². The molecule has 0 saturated carbocycles. The average molecular weight is 268 g/mol. The van der Waals surface area contributed by atoms with Gasteiger partial charge in [-0.05, 0) is 12.1 Å². The minimum Gasteiger partial charge on any atom is -0.423 e. The molecular formula is C16H12O4. The summed E-state index contributed by atoms with van der Waals surface area (Å²) < 4.78 is 10.3. The van der Waals surface area contributed by atoms with Crippen molar-refractivity contribution in [1.82, 2.24) is 0 Å². The molecule has 4 heteroatoms. The molecule has 0 fully saturated rings. The van der Waals surface area contributed by atoms with Crippen molar-refractivity contribution in [3.05, 3.63) is 61.7 Å². The van der Waals surface area contributed by atoms with Gasteiger partial charge in [-0.25, -0.2) is 9.59 Å². The van der Waals surface area contributed by atoms with Gasteiger partial charge >= 0.3 is 11.9 Å². The van der Waals surface area contributed by atoms with Gasteiger partial charge in [0, 0.05) is 22.9 Å². The maximum atomic E-state index is 11.3. The highest BCUT2D eigenvalue weighted by molar-refractivity contribution is 5.97. The van der Waals surface area contributed by atoms with Gasteiger partial charge in [0.2, 0.25) is 0 Å². The number of rotatable bonds is 4. The van der Waals surface area contributed by atoms with Crippen molar-refractivity contribution in [1.29, 1.82) is 0 Å². The third-order valence-electron chi connectivity index (χ3n) is 2.60.